The Morgan fingerprint density at radius 3 is 2.52 bits per heavy atom. The van der Waals surface area contributed by atoms with Gasteiger partial charge >= 0.3 is 0 Å². The van der Waals surface area contributed by atoms with Gasteiger partial charge in [0.25, 0.3) is 5.91 Å². The molecule has 0 saturated heterocycles. The summed E-state index contributed by atoms with van der Waals surface area (Å²) in [6.45, 7) is 0.333. The molecule has 0 bridgehead atoms. The van der Waals surface area contributed by atoms with E-state index in [0.717, 1.165) is 17.1 Å². The van der Waals surface area contributed by atoms with Crippen LogP contribution in [0.5, 0.6) is 11.5 Å². The third kappa shape index (κ3) is 8.07. The zero-order chi connectivity index (χ0) is 20.9. The predicted molar refractivity (Wildman–Crippen MR) is 117 cm³/mol. The Bertz CT molecular complexity index is 770. The van der Waals surface area contributed by atoms with Crippen LogP contribution in [0.2, 0.25) is 0 Å². The molecule has 0 fully saturated rings. The van der Waals surface area contributed by atoms with Gasteiger partial charge in [0.15, 0.2) is 6.61 Å². The third-order valence-electron chi connectivity index (χ3n) is 4.26. The molecule has 0 aliphatic carbocycles. The van der Waals surface area contributed by atoms with Crippen LogP contribution in [-0.2, 0) is 16.0 Å². The second-order valence-electron chi connectivity index (χ2n) is 6.36. The summed E-state index contributed by atoms with van der Waals surface area (Å²) < 4.78 is 10.8. The average molecular weight is 417 g/mol. The maximum Gasteiger partial charge on any atom is 0.258 e. The standard InChI is InChI=1S/C22H28N2O4S/c1-27-20-11-7-6-8-17(20)12-14-23-22(26)19(13-15-29-2)24-21(25)16-28-18-9-4-3-5-10-18/h3-11,19H,12-16H2,1-2H3,(H,23,26)(H,24,25). The molecule has 2 amide bonds. The largest absolute Gasteiger partial charge is 0.496 e. The van der Waals surface area contributed by atoms with E-state index in [1.807, 2.05) is 48.7 Å². The normalized spacial score (nSPS) is 11.4. The Labute approximate surface area is 176 Å². The number of hydrogen-bond acceptors (Lipinski definition) is 5. The van der Waals surface area contributed by atoms with Crippen LogP contribution in [0.15, 0.2) is 54.6 Å². The Morgan fingerprint density at radius 1 is 1.07 bits per heavy atom. The maximum atomic E-state index is 12.6. The molecule has 2 aromatic carbocycles. The van der Waals surface area contributed by atoms with E-state index in [2.05, 4.69) is 10.6 Å². The lowest BCUT2D eigenvalue weighted by Gasteiger charge is -2.18. The van der Waals surface area contributed by atoms with Crippen molar-refractivity contribution in [1.82, 2.24) is 10.6 Å². The first-order chi connectivity index (χ1) is 14.1. The summed E-state index contributed by atoms with van der Waals surface area (Å²) >= 11 is 1.63. The SMILES string of the molecule is COc1ccccc1CCNC(=O)C(CCSC)NC(=O)COc1ccccc1. The van der Waals surface area contributed by atoms with Crippen molar-refractivity contribution in [3.63, 3.8) is 0 Å². The quantitative estimate of drug-likeness (QED) is 0.556. The minimum absolute atomic E-state index is 0.131. The lowest BCUT2D eigenvalue weighted by atomic mass is 10.1. The Kier molecular flexibility index (Phi) is 9.92. The van der Waals surface area contributed by atoms with Crippen molar-refractivity contribution in [2.45, 2.75) is 18.9 Å². The summed E-state index contributed by atoms with van der Waals surface area (Å²) in [7, 11) is 1.63. The molecule has 0 heterocycles. The zero-order valence-electron chi connectivity index (χ0n) is 16.9. The van der Waals surface area contributed by atoms with Gasteiger partial charge in [-0.1, -0.05) is 36.4 Å². The molecule has 156 valence electrons. The molecule has 0 radical (unpaired) electrons. The third-order valence-corrected chi connectivity index (χ3v) is 4.91. The lowest BCUT2D eigenvalue weighted by Crippen LogP contribution is -2.48. The highest BCUT2D eigenvalue weighted by molar-refractivity contribution is 7.98. The van der Waals surface area contributed by atoms with Gasteiger partial charge in [-0.2, -0.15) is 11.8 Å². The minimum Gasteiger partial charge on any atom is -0.496 e. The fourth-order valence-electron chi connectivity index (χ4n) is 2.76. The van der Waals surface area contributed by atoms with Crippen LogP contribution in [0.3, 0.4) is 0 Å². The lowest BCUT2D eigenvalue weighted by molar-refractivity contribution is -0.130. The van der Waals surface area contributed by atoms with E-state index in [4.69, 9.17) is 9.47 Å². The number of methoxy groups -OCH3 is 1. The van der Waals surface area contributed by atoms with Crippen molar-refractivity contribution < 1.29 is 19.1 Å². The molecule has 1 atom stereocenters. The van der Waals surface area contributed by atoms with E-state index < -0.39 is 6.04 Å². The summed E-state index contributed by atoms with van der Waals surface area (Å²) in [6.07, 6.45) is 3.17. The van der Waals surface area contributed by atoms with Crippen molar-refractivity contribution >= 4 is 23.6 Å². The predicted octanol–water partition coefficient (Wildman–Crippen LogP) is 2.67. The molecule has 29 heavy (non-hydrogen) atoms. The zero-order valence-corrected chi connectivity index (χ0v) is 17.7. The summed E-state index contributed by atoms with van der Waals surface area (Å²) in [5.41, 5.74) is 1.02. The van der Waals surface area contributed by atoms with Gasteiger partial charge in [0, 0.05) is 6.54 Å². The number of thioether (sulfide) groups is 1. The van der Waals surface area contributed by atoms with Gasteiger partial charge in [0.2, 0.25) is 5.91 Å². The van der Waals surface area contributed by atoms with Gasteiger partial charge < -0.3 is 20.1 Å². The number of benzene rings is 2. The molecule has 7 heteroatoms. The molecule has 6 nitrogen and oxygen atoms in total. The van der Waals surface area contributed by atoms with Gasteiger partial charge in [-0.3, -0.25) is 9.59 Å². The van der Waals surface area contributed by atoms with Crippen LogP contribution >= 0.6 is 11.8 Å². The van der Waals surface area contributed by atoms with Crippen molar-refractivity contribution in [2.75, 3.05) is 32.3 Å². The first-order valence-corrected chi connectivity index (χ1v) is 10.9. The number of para-hydroxylation sites is 2. The highest BCUT2D eigenvalue weighted by Gasteiger charge is 2.20. The molecular weight excluding hydrogens is 388 g/mol. The van der Waals surface area contributed by atoms with E-state index in [1.165, 1.54) is 0 Å². The summed E-state index contributed by atoms with van der Waals surface area (Å²) in [5, 5.41) is 5.69. The van der Waals surface area contributed by atoms with Crippen LogP contribution in [0.25, 0.3) is 0 Å². The van der Waals surface area contributed by atoms with Crippen molar-refractivity contribution in [3.05, 3.63) is 60.2 Å². The Balaban J connectivity index is 1.83. The summed E-state index contributed by atoms with van der Waals surface area (Å²) in [6, 6.07) is 16.2. The van der Waals surface area contributed by atoms with Crippen LogP contribution in [0, 0.1) is 0 Å². The van der Waals surface area contributed by atoms with Crippen molar-refractivity contribution in [2.24, 2.45) is 0 Å². The molecule has 0 aliphatic heterocycles. The molecule has 0 saturated carbocycles. The average Bonchev–Trinajstić information content (AvgIpc) is 2.76. The molecule has 0 aliphatic rings. The number of hydrogen-bond donors (Lipinski definition) is 2. The topological polar surface area (TPSA) is 76.7 Å². The van der Waals surface area contributed by atoms with E-state index in [1.54, 1.807) is 31.0 Å². The fourth-order valence-corrected chi connectivity index (χ4v) is 3.23. The van der Waals surface area contributed by atoms with E-state index in [9.17, 15) is 9.59 Å². The maximum absolute atomic E-state index is 12.6. The fraction of sp³-hybridized carbons (Fsp3) is 0.364. The molecule has 2 aromatic rings. The van der Waals surface area contributed by atoms with Gasteiger partial charge in [0.1, 0.15) is 17.5 Å². The molecule has 2 N–H and O–H groups in total. The highest BCUT2D eigenvalue weighted by Crippen LogP contribution is 2.17. The van der Waals surface area contributed by atoms with Crippen LogP contribution in [-0.4, -0.2) is 50.1 Å². The summed E-state index contributed by atoms with van der Waals surface area (Å²) in [5.74, 6) is 1.67. The van der Waals surface area contributed by atoms with Crippen LogP contribution in [0.4, 0.5) is 0 Å². The van der Waals surface area contributed by atoms with Crippen molar-refractivity contribution in [1.29, 1.82) is 0 Å². The van der Waals surface area contributed by atoms with E-state index >= 15 is 0 Å². The molecule has 0 aromatic heterocycles. The van der Waals surface area contributed by atoms with Crippen LogP contribution < -0.4 is 20.1 Å². The number of amides is 2. The summed E-state index contributed by atoms with van der Waals surface area (Å²) in [4.78, 5) is 24.8. The van der Waals surface area contributed by atoms with Crippen LogP contribution in [0.1, 0.15) is 12.0 Å². The highest BCUT2D eigenvalue weighted by atomic mass is 32.2. The monoisotopic (exact) mass is 416 g/mol. The molecule has 1 unspecified atom stereocenters. The smallest absolute Gasteiger partial charge is 0.258 e. The second kappa shape index (κ2) is 12.7. The second-order valence-corrected chi connectivity index (χ2v) is 7.34. The minimum atomic E-state index is -0.591. The van der Waals surface area contributed by atoms with Gasteiger partial charge in [-0.15, -0.1) is 0 Å². The molecule has 0 spiro atoms. The first kappa shape index (κ1) is 22.6. The molecular formula is C22H28N2O4S. The number of carbonyl (C=O) groups is 2. The van der Waals surface area contributed by atoms with E-state index in [0.29, 0.717) is 25.1 Å². The van der Waals surface area contributed by atoms with Gasteiger partial charge in [0.05, 0.1) is 7.11 Å². The molecule has 2 rings (SSSR count). The first-order valence-electron chi connectivity index (χ1n) is 9.49. The number of rotatable bonds is 12. The van der Waals surface area contributed by atoms with Crippen molar-refractivity contribution in [3.8, 4) is 11.5 Å². The number of nitrogens with one attached hydrogen (secondary N) is 2. The Hall–Kier alpha value is -2.67. The van der Waals surface area contributed by atoms with Gasteiger partial charge in [-0.25, -0.2) is 0 Å². The number of ether oxygens (including phenoxy) is 2. The Morgan fingerprint density at radius 2 is 1.79 bits per heavy atom. The number of carbonyl (C=O) groups excluding carboxylic acids is 2. The van der Waals surface area contributed by atoms with Gasteiger partial charge in [-0.05, 0) is 48.6 Å². The van der Waals surface area contributed by atoms with E-state index in [-0.39, 0.29) is 18.4 Å².